The Bertz CT molecular complexity index is 1310. The van der Waals surface area contributed by atoms with E-state index >= 15 is 0 Å². The van der Waals surface area contributed by atoms with Crippen molar-refractivity contribution < 1.29 is 22.7 Å². The highest BCUT2D eigenvalue weighted by molar-refractivity contribution is 5.99. The van der Waals surface area contributed by atoms with E-state index in [2.05, 4.69) is 15.3 Å². The molecule has 1 aliphatic rings. The molecule has 0 saturated carbocycles. The maximum Gasteiger partial charge on any atom is 0.266 e. The largest absolute Gasteiger partial charge is 0.378 e. The second-order valence-electron chi connectivity index (χ2n) is 8.10. The molecule has 1 saturated heterocycles. The Morgan fingerprint density at radius 2 is 1.85 bits per heavy atom. The van der Waals surface area contributed by atoms with E-state index in [0.717, 1.165) is 6.07 Å². The molecule has 0 aliphatic carbocycles. The molecule has 4 rings (SSSR count). The van der Waals surface area contributed by atoms with E-state index in [-0.39, 0.29) is 22.6 Å². The number of aryl methyl sites for hydroxylation is 2. The molecule has 2 aromatic heterocycles. The van der Waals surface area contributed by atoms with E-state index in [1.807, 2.05) is 0 Å². The number of benzene rings is 1. The summed E-state index contributed by atoms with van der Waals surface area (Å²) in [6, 6.07) is 4.50. The van der Waals surface area contributed by atoms with Gasteiger partial charge in [0.15, 0.2) is 0 Å². The van der Waals surface area contributed by atoms with Crippen LogP contribution in [0.25, 0.3) is 11.0 Å². The zero-order valence-corrected chi connectivity index (χ0v) is 18.9. The molecule has 3 aromatic rings. The van der Waals surface area contributed by atoms with Crippen LogP contribution < -0.4 is 10.9 Å². The number of amides is 1. The molecule has 1 aromatic carbocycles. The summed E-state index contributed by atoms with van der Waals surface area (Å²) in [6.07, 6.45) is -2.95. The molecule has 0 radical (unpaired) electrons. The highest BCUT2D eigenvalue weighted by Gasteiger charge is 2.25. The summed E-state index contributed by atoms with van der Waals surface area (Å²) in [6.45, 7) is 4.74. The summed E-state index contributed by atoms with van der Waals surface area (Å²) >= 11 is 0. The normalized spacial score (nSPS) is 15.1. The molecule has 0 bridgehead atoms. The van der Waals surface area contributed by atoms with E-state index < -0.39 is 35.3 Å². The van der Waals surface area contributed by atoms with Crippen molar-refractivity contribution in [2.24, 2.45) is 7.05 Å². The predicted octanol–water partition coefficient (Wildman–Crippen LogP) is 3.36. The minimum absolute atomic E-state index is 0.0386. The fourth-order valence-corrected chi connectivity index (χ4v) is 3.99. The van der Waals surface area contributed by atoms with Gasteiger partial charge in [0.1, 0.15) is 28.7 Å². The van der Waals surface area contributed by atoms with Crippen LogP contribution in [0.2, 0.25) is 0 Å². The number of hydrogen-bond donors (Lipinski definition) is 1. The lowest BCUT2D eigenvalue weighted by Crippen LogP contribution is -2.43. The smallest absolute Gasteiger partial charge is 0.266 e. The number of morpholine rings is 1. The zero-order chi connectivity index (χ0) is 24.6. The quantitative estimate of drug-likeness (QED) is 0.609. The number of rotatable bonds is 5. The third kappa shape index (κ3) is 4.35. The monoisotopic (exact) mass is 475 g/mol. The minimum Gasteiger partial charge on any atom is -0.378 e. The number of anilines is 1. The summed E-state index contributed by atoms with van der Waals surface area (Å²) in [4.78, 5) is 36.3. The van der Waals surface area contributed by atoms with E-state index in [9.17, 15) is 22.8 Å². The topological polar surface area (TPSA) is 89.4 Å². The third-order valence-electron chi connectivity index (χ3n) is 5.82. The molecule has 8 nitrogen and oxygen atoms in total. The van der Waals surface area contributed by atoms with Crippen molar-refractivity contribution in [1.29, 1.82) is 0 Å². The van der Waals surface area contributed by atoms with E-state index in [0.29, 0.717) is 37.5 Å². The van der Waals surface area contributed by atoms with Gasteiger partial charge in [0.05, 0.1) is 30.2 Å². The Morgan fingerprint density at radius 3 is 2.53 bits per heavy atom. The maximum absolute atomic E-state index is 14.7. The van der Waals surface area contributed by atoms with Gasteiger partial charge in [0.25, 0.3) is 17.9 Å². The Kier molecular flexibility index (Phi) is 6.56. The van der Waals surface area contributed by atoms with E-state index in [1.54, 1.807) is 18.7 Å². The molecule has 1 atom stereocenters. The Labute approximate surface area is 193 Å². The van der Waals surface area contributed by atoms with Gasteiger partial charge in [-0.3, -0.25) is 14.2 Å². The molecule has 34 heavy (non-hydrogen) atoms. The fraction of sp³-hybridized carbons (Fsp3) is 0.391. The van der Waals surface area contributed by atoms with Crippen molar-refractivity contribution in [3.8, 4) is 0 Å². The molecule has 1 amide bonds. The summed E-state index contributed by atoms with van der Waals surface area (Å²) in [7, 11) is 1.51. The van der Waals surface area contributed by atoms with Crippen LogP contribution in [0.4, 0.5) is 19.0 Å². The van der Waals surface area contributed by atoms with Gasteiger partial charge in [-0.2, -0.15) is 0 Å². The van der Waals surface area contributed by atoms with E-state index in [1.165, 1.54) is 29.8 Å². The van der Waals surface area contributed by atoms with Gasteiger partial charge in [-0.1, -0.05) is 18.2 Å². The van der Waals surface area contributed by atoms with Crippen LogP contribution >= 0.6 is 0 Å². The molecular formula is C23H24F3N5O3. The molecule has 0 unspecified atom stereocenters. The van der Waals surface area contributed by atoms with Crippen LogP contribution in [0.3, 0.4) is 0 Å². The number of halogens is 3. The van der Waals surface area contributed by atoms with Crippen molar-refractivity contribution in [1.82, 2.24) is 19.4 Å². The molecule has 3 heterocycles. The van der Waals surface area contributed by atoms with Crippen LogP contribution in [-0.2, 0) is 11.8 Å². The van der Waals surface area contributed by atoms with Crippen molar-refractivity contribution in [2.75, 3.05) is 31.6 Å². The average molecular weight is 475 g/mol. The number of alkyl halides is 2. The molecular weight excluding hydrogens is 451 g/mol. The first-order valence-electron chi connectivity index (χ1n) is 10.8. The summed E-state index contributed by atoms with van der Waals surface area (Å²) in [5.41, 5.74) is -0.914. The highest BCUT2D eigenvalue weighted by atomic mass is 19.3. The fourth-order valence-electron chi connectivity index (χ4n) is 3.99. The first kappa shape index (κ1) is 23.7. The molecule has 180 valence electrons. The summed E-state index contributed by atoms with van der Waals surface area (Å²) in [5.74, 6) is -0.834. The number of fused-ring (bicyclic) bond motifs is 1. The Morgan fingerprint density at radius 1 is 1.18 bits per heavy atom. The second kappa shape index (κ2) is 9.41. The molecule has 11 heteroatoms. The number of pyridine rings is 1. The number of carbonyl (C=O) groups is 1. The van der Waals surface area contributed by atoms with Gasteiger partial charge in [0, 0.05) is 25.7 Å². The van der Waals surface area contributed by atoms with Crippen molar-refractivity contribution in [3.63, 3.8) is 0 Å². The van der Waals surface area contributed by atoms with Crippen molar-refractivity contribution in [2.45, 2.75) is 26.3 Å². The number of hydrogen-bond acceptors (Lipinski definition) is 6. The number of carbonyl (C=O) groups excluding carboxylic acids is 1. The number of nitrogens with one attached hydrogen (secondary N) is 1. The second-order valence-corrected chi connectivity index (χ2v) is 8.10. The average Bonchev–Trinajstić information content (AvgIpc) is 2.81. The van der Waals surface area contributed by atoms with Gasteiger partial charge in [-0.25, -0.2) is 23.1 Å². The van der Waals surface area contributed by atoms with E-state index in [4.69, 9.17) is 4.74 Å². The molecule has 1 fully saturated rings. The van der Waals surface area contributed by atoms with Crippen LogP contribution in [-0.4, -0.2) is 51.6 Å². The SMILES string of the molecule is Cc1nc(N[C@H](C)c2cccc(C(F)F)c2F)c2cc(C(=O)N3CCOCC3)c(=O)n(C)c2n1. The van der Waals surface area contributed by atoms with Crippen molar-refractivity contribution in [3.05, 3.63) is 63.0 Å². The Balaban J connectivity index is 1.79. The van der Waals surface area contributed by atoms with Crippen molar-refractivity contribution >= 4 is 22.8 Å². The minimum atomic E-state index is -2.95. The standard InChI is InChI=1S/C23H24F3N5O3/c1-12(14-5-4-6-15(18(14)24)19(25)26)27-20-16-11-17(23(33)31-7-9-34-10-8-31)22(32)30(3)21(16)29-13(2)28-20/h4-6,11-12,19H,7-10H2,1-3H3,(H,27,28,29)/t12-/m1/s1. The lowest BCUT2D eigenvalue weighted by molar-refractivity contribution is 0.0301. The molecule has 1 aliphatic heterocycles. The molecule has 0 spiro atoms. The lowest BCUT2D eigenvalue weighted by atomic mass is 10.0. The summed E-state index contributed by atoms with van der Waals surface area (Å²) in [5, 5.41) is 3.42. The number of aromatic nitrogens is 3. The highest BCUT2D eigenvalue weighted by Crippen LogP contribution is 2.30. The first-order valence-corrected chi connectivity index (χ1v) is 10.8. The van der Waals surface area contributed by atoms with Gasteiger partial charge < -0.3 is 15.0 Å². The van der Waals surface area contributed by atoms with Gasteiger partial charge in [-0.15, -0.1) is 0 Å². The molecule has 1 N–H and O–H groups in total. The zero-order valence-electron chi connectivity index (χ0n) is 18.9. The number of ether oxygens (including phenoxy) is 1. The van der Waals surface area contributed by atoms with Crippen LogP contribution in [0.15, 0.2) is 29.1 Å². The van der Waals surface area contributed by atoms with Crippen LogP contribution in [0.1, 0.15) is 46.7 Å². The van der Waals surface area contributed by atoms with Gasteiger partial charge >= 0.3 is 0 Å². The lowest BCUT2D eigenvalue weighted by Gasteiger charge is -2.27. The van der Waals surface area contributed by atoms with Crippen LogP contribution in [0, 0.1) is 12.7 Å². The third-order valence-corrected chi connectivity index (χ3v) is 5.82. The van der Waals surface area contributed by atoms with Crippen LogP contribution in [0.5, 0.6) is 0 Å². The Hall–Kier alpha value is -3.47. The first-order chi connectivity index (χ1) is 16.2. The summed E-state index contributed by atoms with van der Waals surface area (Å²) < 4.78 is 47.6. The van der Waals surface area contributed by atoms with Gasteiger partial charge in [-0.05, 0) is 19.9 Å². The maximum atomic E-state index is 14.7. The van der Waals surface area contributed by atoms with Gasteiger partial charge in [0.2, 0.25) is 0 Å². The number of nitrogens with zero attached hydrogens (tertiary/aromatic N) is 4. The predicted molar refractivity (Wildman–Crippen MR) is 120 cm³/mol.